The van der Waals surface area contributed by atoms with Crippen LogP contribution in [-0.2, 0) is 0 Å². The van der Waals surface area contributed by atoms with Crippen molar-refractivity contribution >= 4 is 46.4 Å². The number of carbonyl (C=O) groups is 2. The van der Waals surface area contributed by atoms with Gasteiger partial charge in [0.15, 0.2) is 0 Å². The van der Waals surface area contributed by atoms with E-state index in [0.717, 1.165) is 16.8 Å². The monoisotopic (exact) mass is 684 g/mol. The third-order valence-electron chi connectivity index (χ3n) is 6.93. The predicted octanol–water partition coefficient (Wildman–Crippen LogP) is 9.19. The number of nitrogens with one attached hydrogen (secondary N) is 2. The van der Waals surface area contributed by atoms with Gasteiger partial charge in [-0.05, 0) is 84.9 Å². The van der Waals surface area contributed by atoms with Crippen LogP contribution >= 0.6 is 23.2 Å². The van der Waals surface area contributed by atoms with Crippen molar-refractivity contribution in [3.63, 3.8) is 0 Å². The molecule has 2 N–H and O–H groups in total. The number of nitrogens with zero attached hydrogens (tertiary/aromatic N) is 4. The highest BCUT2D eigenvalue weighted by Crippen LogP contribution is 2.24. The lowest BCUT2D eigenvalue weighted by Gasteiger charge is -2.08. The van der Waals surface area contributed by atoms with E-state index in [9.17, 15) is 14.0 Å². The van der Waals surface area contributed by atoms with E-state index >= 15 is 0 Å². The second-order valence-electron chi connectivity index (χ2n) is 10.3. The topological polar surface area (TPSA) is 132 Å². The number of nitriles is 2. The fraction of sp³-hybridized carbons (Fsp3) is 0. The Morgan fingerprint density at radius 1 is 0.612 bits per heavy atom. The maximum absolute atomic E-state index is 13.0. The number of hydrogen-bond donors (Lipinski definition) is 2. The van der Waals surface area contributed by atoms with Gasteiger partial charge in [0.2, 0.25) is 0 Å². The lowest BCUT2D eigenvalue weighted by atomic mass is 10.1. The SMILES string of the molecule is N#Cc1ccc(Cl)c(C(=O)Nc2ccc(-c3ccccc3)nc2)c1.N#Cc1ccc(Cl)c(C(=O)Nc2ccnc(-c3ccc(F)cc3)c2)c1. The fourth-order valence-electron chi connectivity index (χ4n) is 4.47. The molecule has 2 aromatic heterocycles. The molecule has 0 saturated carbocycles. The number of anilines is 2. The van der Waals surface area contributed by atoms with Gasteiger partial charge in [-0.1, -0.05) is 53.5 Å². The van der Waals surface area contributed by atoms with Gasteiger partial charge in [0, 0.05) is 23.0 Å². The summed E-state index contributed by atoms with van der Waals surface area (Å²) in [6.07, 6.45) is 3.13. The number of benzene rings is 4. The number of carbonyl (C=O) groups excluding carboxylic acids is 2. The van der Waals surface area contributed by atoms with Gasteiger partial charge in [-0.3, -0.25) is 19.6 Å². The summed E-state index contributed by atoms with van der Waals surface area (Å²) in [5, 5.41) is 23.9. The van der Waals surface area contributed by atoms with Crippen LogP contribution in [0.15, 0.2) is 128 Å². The van der Waals surface area contributed by atoms with Crippen LogP contribution in [0.3, 0.4) is 0 Å². The minimum absolute atomic E-state index is 0.209. The lowest BCUT2D eigenvalue weighted by Crippen LogP contribution is -2.13. The van der Waals surface area contributed by atoms with Crippen LogP contribution < -0.4 is 10.6 Å². The van der Waals surface area contributed by atoms with Crippen molar-refractivity contribution in [2.75, 3.05) is 10.6 Å². The van der Waals surface area contributed by atoms with Crippen molar-refractivity contribution < 1.29 is 14.0 Å². The minimum Gasteiger partial charge on any atom is -0.322 e. The molecule has 0 saturated heterocycles. The summed E-state index contributed by atoms with van der Waals surface area (Å²) in [6, 6.07) is 35.6. The van der Waals surface area contributed by atoms with E-state index in [1.165, 1.54) is 42.5 Å². The first-order chi connectivity index (χ1) is 23.7. The van der Waals surface area contributed by atoms with Crippen LogP contribution in [0.2, 0.25) is 10.0 Å². The molecule has 0 bridgehead atoms. The molecule has 0 aliphatic carbocycles. The molecule has 238 valence electrons. The van der Waals surface area contributed by atoms with E-state index in [1.807, 2.05) is 48.5 Å². The van der Waals surface area contributed by atoms with E-state index in [0.29, 0.717) is 33.2 Å². The molecule has 0 radical (unpaired) electrons. The first kappa shape index (κ1) is 34.0. The molecule has 0 spiro atoms. The Labute approximate surface area is 291 Å². The van der Waals surface area contributed by atoms with Crippen LogP contribution in [0, 0.1) is 28.5 Å². The van der Waals surface area contributed by atoms with E-state index in [1.54, 1.807) is 48.8 Å². The highest BCUT2D eigenvalue weighted by atomic mass is 35.5. The Hall–Kier alpha value is -6.39. The van der Waals surface area contributed by atoms with Crippen molar-refractivity contribution in [1.82, 2.24) is 9.97 Å². The van der Waals surface area contributed by atoms with Crippen molar-refractivity contribution in [2.24, 2.45) is 0 Å². The van der Waals surface area contributed by atoms with Crippen LogP contribution in [0.4, 0.5) is 15.8 Å². The zero-order chi connectivity index (χ0) is 34.8. The maximum Gasteiger partial charge on any atom is 0.257 e. The van der Waals surface area contributed by atoms with Gasteiger partial charge >= 0.3 is 0 Å². The number of aromatic nitrogens is 2. The molecule has 0 fully saturated rings. The summed E-state index contributed by atoms with van der Waals surface area (Å²) in [4.78, 5) is 33.3. The molecule has 0 aliphatic heterocycles. The summed E-state index contributed by atoms with van der Waals surface area (Å²) in [7, 11) is 0. The first-order valence-corrected chi connectivity index (χ1v) is 15.2. The van der Waals surface area contributed by atoms with Crippen LogP contribution in [0.25, 0.3) is 22.5 Å². The normalized spacial score (nSPS) is 10.1. The number of rotatable bonds is 6. The molecule has 49 heavy (non-hydrogen) atoms. The summed E-state index contributed by atoms with van der Waals surface area (Å²) in [5.41, 5.74) is 5.38. The smallest absolute Gasteiger partial charge is 0.257 e. The van der Waals surface area contributed by atoms with E-state index < -0.39 is 5.91 Å². The minimum atomic E-state index is -0.432. The van der Waals surface area contributed by atoms with Crippen molar-refractivity contribution in [3.8, 4) is 34.7 Å². The highest BCUT2D eigenvalue weighted by molar-refractivity contribution is 6.35. The Balaban J connectivity index is 0.000000191. The average Bonchev–Trinajstić information content (AvgIpc) is 3.13. The standard InChI is InChI=1S/C19H11ClFN3O.C19H12ClN3O/c20-17-6-1-12(11-22)9-16(17)19(25)24-15-7-8-23-18(10-15)13-2-4-14(21)5-3-13;20-17-8-6-13(11-21)10-16(17)19(24)23-15-7-9-18(22-12-15)14-4-2-1-3-5-14/h1-10H,(H,23,24,25);1-10,12H,(H,23,24). The van der Waals surface area contributed by atoms with Crippen molar-refractivity contribution in [2.45, 2.75) is 0 Å². The number of amides is 2. The molecule has 2 heterocycles. The van der Waals surface area contributed by atoms with E-state index in [2.05, 4.69) is 20.6 Å². The van der Waals surface area contributed by atoms with Gasteiger partial charge in [0.25, 0.3) is 11.8 Å². The Morgan fingerprint density at radius 3 is 1.73 bits per heavy atom. The maximum atomic E-state index is 13.0. The molecule has 4 aromatic carbocycles. The first-order valence-electron chi connectivity index (χ1n) is 14.5. The van der Waals surface area contributed by atoms with Gasteiger partial charge in [-0.2, -0.15) is 10.5 Å². The summed E-state index contributed by atoms with van der Waals surface area (Å²) < 4.78 is 13.0. The van der Waals surface area contributed by atoms with Gasteiger partial charge in [-0.15, -0.1) is 0 Å². The Kier molecular flexibility index (Phi) is 11.0. The summed E-state index contributed by atoms with van der Waals surface area (Å²) in [5.74, 6) is -1.15. The molecule has 11 heteroatoms. The van der Waals surface area contributed by atoms with Gasteiger partial charge < -0.3 is 10.6 Å². The highest BCUT2D eigenvalue weighted by Gasteiger charge is 2.14. The zero-order valence-corrected chi connectivity index (χ0v) is 26.9. The third-order valence-corrected chi connectivity index (χ3v) is 7.59. The zero-order valence-electron chi connectivity index (χ0n) is 25.4. The molecule has 2 amide bonds. The Bertz CT molecular complexity index is 2220. The fourth-order valence-corrected chi connectivity index (χ4v) is 4.88. The quantitative estimate of drug-likeness (QED) is 0.180. The van der Waals surface area contributed by atoms with E-state index in [4.69, 9.17) is 33.7 Å². The molecule has 8 nitrogen and oxygen atoms in total. The molecule has 6 rings (SSSR count). The van der Waals surface area contributed by atoms with Gasteiger partial charge in [-0.25, -0.2) is 4.39 Å². The second kappa shape index (κ2) is 15.9. The molecule has 0 atom stereocenters. The van der Waals surface area contributed by atoms with Gasteiger partial charge in [0.05, 0.1) is 67.7 Å². The largest absolute Gasteiger partial charge is 0.322 e. The molecule has 0 unspecified atom stereocenters. The van der Waals surface area contributed by atoms with Crippen molar-refractivity contribution in [3.05, 3.63) is 166 Å². The number of hydrogen-bond acceptors (Lipinski definition) is 6. The number of pyridine rings is 2. The molecule has 6 aromatic rings. The van der Waals surface area contributed by atoms with Crippen LogP contribution in [0.5, 0.6) is 0 Å². The summed E-state index contributed by atoms with van der Waals surface area (Å²) >= 11 is 12.1. The Morgan fingerprint density at radius 2 is 1.18 bits per heavy atom. The molecule has 0 aliphatic rings. The van der Waals surface area contributed by atoms with Crippen molar-refractivity contribution in [1.29, 1.82) is 10.5 Å². The molecular weight excluding hydrogens is 662 g/mol. The molecular formula is C38H23Cl2FN6O2. The predicted molar refractivity (Wildman–Crippen MR) is 188 cm³/mol. The summed E-state index contributed by atoms with van der Waals surface area (Å²) in [6.45, 7) is 0. The van der Waals surface area contributed by atoms with Crippen LogP contribution in [-0.4, -0.2) is 21.8 Å². The second-order valence-corrected chi connectivity index (χ2v) is 11.1. The lowest BCUT2D eigenvalue weighted by molar-refractivity contribution is 0.101. The van der Waals surface area contributed by atoms with Gasteiger partial charge in [0.1, 0.15) is 5.82 Å². The number of halogens is 3. The van der Waals surface area contributed by atoms with Crippen LogP contribution in [0.1, 0.15) is 31.8 Å². The third kappa shape index (κ3) is 8.91. The van der Waals surface area contributed by atoms with E-state index in [-0.39, 0.29) is 27.9 Å². The average molecular weight is 686 g/mol.